The van der Waals surface area contributed by atoms with Crippen LogP contribution >= 0.6 is 0 Å². The molecule has 0 bridgehead atoms. The Morgan fingerprint density at radius 2 is 1.81 bits per heavy atom. The van der Waals surface area contributed by atoms with Crippen LogP contribution in [0.4, 0.5) is 0 Å². The monoisotopic (exact) mass is 452 g/mol. The first-order chi connectivity index (χ1) is 14.8. The highest BCUT2D eigenvalue weighted by atomic mass is 16.6. The van der Waals surface area contributed by atoms with E-state index in [2.05, 4.69) is 31.1 Å². The normalized spacial score (nSPS) is 28.1. The first-order valence-corrected chi connectivity index (χ1v) is 9.93. The van der Waals surface area contributed by atoms with Crippen LogP contribution in [0.1, 0.15) is 20.3 Å². The van der Waals surface area contributed by atoms with Crippen molar-refractivity contribution < 1.29 is 43.9 Å². The van der Waals surface area contributed by atoms with Crippen molar-refractivity contribution >= 4 is 17.9 Å². The molecule has 32 heavy (non-hydrogen) atoms. The predicted molar refractivity (Wildman–Crippen MR) is 115 cm³/mol. The number of carbonyl (C=O) groups is 3. The lowest BCUT2D eigenvalue weighted by atomic mass is 9.58. The first-order valence-electron chi connectivity index (χ1n) is 9.93. The number of aliphatic hydroxyl groups excluding tert-OH is 3. The van der Waals surface area contributed by atoms with E-state index >= 15 is 0 Å². The third-order valence-corrected chi connectivity index (χ3v) is 5.79. The highest BCUT2D eigenvalue weighted by Crippen LogP contribution is 2.50. The lowest BCUT2D eigenvalue weighted by molar-refractivity contribution is -0.163. The number of rotatable bonds is 10. The maximum atomic E-state index is 12.6. The van der Waals surface area contributed by atoms with Crippen molar-refractivity contribution in [3.63, 3.8) is 0 Å². The van der Waals surface area contributed by atoms with E-state index in [1.165, 1.54) is 0 Å². The molecule has 1 fully saturated rings. The fourth-order valence-electron chi connectivity index (χ4n) is 3.98. The quantitative estimate of drug-likeness (QED) is 0.190. The number of esters is 3. The van der Waals surface area contributed by atoms with Gasteiger partial charge in [0.1, 0.15) is 18.8 Å². The molecule has 0 aromatic carbocycles. The molecule has 0 radical (unpaired) electrons. The van der Waals surface area contributed by atoms with Crippen molar-refractivity contribution in [1.29, 1.82) is 0 Å². The zero-order valence-corrected chi connectivity index (χ0v) is 18.7. The predicted octanol–water partition coefficient (Wildman–Crippen LogP) is 0.845. The molecule has 1 aliphatic rings. The van der Waals surface area contributed by atoms with Crippen molar-refractivity contribution in [2.24, 2.45) is 17.3 Å². The van der Waals surface area contributed by atoms with Crippen molar-refractivity contribution in [2.45, 2.75) is 38.6 Å². The van der Waals surface area contributed by atoms with Gasteiger partial charge in [-0.3, -0.25) is 4.79 Å². The molecule has 6 atom stereocenters. The molecule has 0 aliphatic heterocycles. The Morgan fingerprint density at radius 1 is 1.22 bits per heavy atom. The Kier molecular flexibility index (Phi) is 9.56. The summed E-state index contributed by atoms with van der Waals surface area (Å²) in [7, 11) is 1.15. The molecular weight excluding hydrogens is 420 g/mol. The number of hydrogen-bond donors (Lipinski definition) is 3. The van der Waals surface area contributed by atoms with E-state index in [9.17, 15) is 29.7 Å². The van der Waals surface area contributed by atoms with E-state index in [4.69, 9.17) is 9.47 Å². The molecule has 0 aromatic rings. The van der Waals surface area contributed by atoms with Crippen LogP contribution in [0.3, 0.4) is 0 Å². The SMILES string of the molecule is C=C[C@@]1(C)C[C@H](OC(=O)C(=C)[C@@H](O)COC(C)=O)[C@@H](C(=C)C(=O)OC)[C@H](O)[C@H]1C(=C)CO. The molecular formula is C23H32O9. The molecule has 3 N–H and O–H groups in total. The molecule has 0 aromatic heterocycles. The second-order valence-electron chi connectivity index (χ2n) is 8.03. The standard InChI is InChI=1S/C23H32O9/c1-8-23(6)9-17(32-22(29)13(3)16(26)11-31-15(5)25)18(14(4)21(28)30-7)20(27)19(23)12(2)10-24/h8,16-20,24,26-27H,1-4,9-11H2,5-7H3/t16-,17-,18+,19+,20-,23-/m0/s1. The summed E-state index contributed by atoms with van der Waals surface area (Å²) in [6.45, 7) is 16.8. The molecule has 0 heterocycles. The molecule has 0 amide bonds. The molecule has 1 aliphatic carbocycles. The average molecular weight is 453 g/mol. The van der Waals surface area contributed by atoms with Crippen LogP contribution < -0.4 is 0 Å². The smallest absolute Gasteiger partial charge is 0.336 e. The number of carbonyl (C=O) groups excluding carboxylic acids is 3. The van der Waals surface area contributed by atoms with Crippen molar-refractivity contribution in [3.8, 4) is 0 Å². The van der Waals surface area contributed by atoms with Crippen molar-refractivity contribution in [3.05, 3.63) is 49.1 Å². The summed E-state index contributed by atoms with van der Waals surface area (Å²) in [4.78, 5) is 35.8. The highest BCUT2D eigenvalue weighted by Gasteiger charge is 2.53. The van der Waals surface area contributed by atoms with Gasteiger partial charge in [0, 0.05) is 18.4 Å². The molecule has 0 saturated heterocycles. The van der Waals surface area contributed by atoms with E-state index in [0.29, 0.717) is 5.57 Å². The highest BCUT2D eigenvalue weighted by molar-refractivity contribution is 5.90. The summed E-state index contributed by atoms with van der Waals surface area (Å²) in [6, 6.07) is 0. The Bertz CT molecular complexity index is 799. The maximum Gasteiger partial charge on any atom is 0.336 e. The van der Waals surface area contributed by atoms with Gasteiger partial charge in [0.05, 0.1) is 31.3 Å². The van der Waals surface area contributed by atoms with Gasteiger partial charge in [0.15, 0.2) is 0 Å². The van der Waals surface area contributed by atoms with Gasteiger partial charge < -0.3 is 29.5 Å². The zero-order valence-electron chi connectivity index (χ0n) is 18.7. The summed E-state index contributed by atoms with van der Waals surface area (Å²) >= 11 is 0. The van der Waals surface area contributed by atoms with Gasteiger partial charge in [-0.25, -0.2) is 9.59 Å². The lowest BCUT2D eigenvalue weighted by Crippen LogP contribution is -2.54. The Balaban J connectivity index is 3.28. The Hall–Kier alpha value is -2.75. The minimum atomic E-state index is -1.50. The van der Waals surface area contributed by atoms with Gasteiger partial charge in [-0.2, -0.15) is 0 Å². The Morgan fingerprint density at radius 3 is 2.28 bits per heavy atom. The van der Waals surface area contributed by atoms with E-state index in [1.807, 2.05) is 0 Å². The number of hydrogen-bond acceptors (Lipinski definition) is 9. The topological polar surface area (TPSA) is 140 Å². The zero-order chi connectivity index (χ0) is 24.8. The van der Waals surface area contributed by atoms with E-state index < -0.39 is 66.7 Å². The fraction of sp³-hybridized carbons (Fsp3) is 0.522. The largest absolute Gasteiger partial charge is 0.466 e. The first kappa shape index (κ1) is 27.3. The van der Waals surface area contributed by atoms with Gasteiger partial charge in [-0.15, -0.1) is 6.58 Å². The summed E-state index contributed by atoms with van der Waals surface area (Å²) in [5.41, 5.74) is -1.06. The molecule has 9 nitrogen and oxygen atoms in total. The summed E-state index contributed by atoms with van der Waals surface area (Å²) in [6.07, 6.45) is -2.25. The van der Waals surface area contributed by atoms with Gasteiger partial charge in [0.25, 0.3) is 0 Å². The number of allylic oxidation sites excluding steroid dienone is 1. The van der Waals surface area contributed by atoms with Crippen molar-refractivity contribution in [2.75, 3.05) is 20.3 Å². The molecule has 1 saturated carbocycles. The number of aliphatic hydroxyl groups is 3. The number of methoxy groups -OCH3 is 1. The third-order valence-electron chi connectivity index (χ3n) is 5.79. The summed E-state index contributed by atoms with van der Waals surface area (Å²) in [5, 5.41) is 30.8. The lowest BCUT2D eigenvalue weighted by Gasteiger charge is -2.50. The van der Waals surface area contributed by atoms with E-state index in [1.54, 1.807) is 13.0 Å². The van der Waals surface area contributed by atoms with Crippen LogP contribution in [0.5, 0.6) is 0 Å². The van der Waals surface area contributed by atoms with Gasteiger partial charge in [-0.05, 0) is 17.4 Å². The molecule has 0 unspecified atom stereocenters. The van der Waals surface area contributed by atoms with Crippen LogP contribution in [-0.2, 0) is 28.6 Å². The molecule has 9 heteroatoms. The van der Waals surface area contributed by atoms with Crippen LogP contribution in [0.2, 0.25) is 0 Å². The minimum Gasteiger partial charge on any atom is -0.466 e. The third kappa shape index (κ3) is 5.93. The fourth-order valence-corrected chi connectivity index (χ4v) is 3.98. The van der Waals surface area contributed by atoms with Crippen LogP contribution in [0, 0.1) is 17.3 Å². The second-order valence-corrected chi connectivity index (χ2v) is 8.03. The van der Waals surface area contributed by atoms with Gasteiger partial charge >= 0.3 is 17.9 Å². The summed E-state index contributed by atoms with van der Waals surface area (Å²) in [5.74, 6) is -4.27. The van der Waals surface area contributed by atoms with Gasteiger partial charge in [-0.1, -0.05) is 32.7 Å². The maximum absolute atomic E-state index is 12.6. The van der Waals surface area contributed by atoms with E-state index in [-0.39, 0.29) is 17.6 Å². The van der Waals surface area contributed by atoms with Crippen LogP contribution in [-0.4, -0.2) is 71.9 Å². The molecule has 178 valence electrons. The molecule has 1 rings (SSSR count). The minimum absolute atomic E-state index is 0.0942. The molecule has 0 spiro atoms. The number of ether oxygens (including phenoxy) is 3. The van der Waals surface area contributed by atoms with Gasteiger partial charge in [0.2, 0.25) is 0 Å². The van der Waals surface area contributed by atoms with Crippen molar-refractivity contribution in [1.82, 2.24) is 0 Å². The second kappa shape index (κ2) is 11.2. The van der Waals surface area contributed by atoms with Crippen LogP contribution in [0.15, 0.2) is 49.1 Å². The summed E-state index contributed by atoms with van der Waals surface area (Å²) < 4.78 is 14.9. The Labute approximate surface area is 187 Å². The van der Waals surface area contributed by atoms with E-state index in [0.717, 1.165) is 14.0 Å². The van der Waals surface area contributed by atoms with Crippen LogP contribution in [0.25, 0.3) is 0 Å². The average Bonchev–Trinajstić information content (AvgIpc) is 2.75.